The third-order valence-corrected chi connectivity index (χ3v) is 4.38. The minimum atomic E-state index is 0.434. The van der Waals surface area contributed by atoms with Gasteiger partial charge in [-0.2, -0.15) is 0 Å². The van der Waals surface area contributed by atoms with E-state index in [2.05, 4.69) is 22.3 Å². The van der Waals surface area contributed by atoms with E-state index in [-0.39, 0.29) is 0 Å². The molecule has 2 fully saturated rings. The first-order valence-electron chi connectivity index (χ1n) is 7.51. The van der Waals surface area contributed by atoms with Crippen LogP contribution in [0, 0.1) is 5.92 Å². The summed E-state index contributed by atoms with van der Waals surface area (Å²) in [6, 6.07) is 6.54. The van der Waals surface area contributed by atoms with E-state index in [0.29, 0.717) is 6.04 Å². The van der Waals surface area contributed by atoms with E-state index in [1.54, 1.807) is 14.2 Å². The Labute approximate surface area is 121 Å². The van der Waals surface area contributed by atoms with Crippen LogP contribution in [-0.2, 0) is 0 Å². The van der Waals surface area contributed by atoms with Crippen molar-refractivity contribution in [3.05, 3.63) is 23.8 Å². The normalized spacial score (nSPS) is 21.5. The van der Waals surface area contributed by atoms with E-state index in [9.17, 15) is 0 Å². The molecule has 4 nitrogen and oxygen atoms in total. The lowest BCUT2D eigenvalue weighted by atomic mass is 9.97. The molecule has 20 heavy (non-hydrogen) atoms. The molecule has 1 aromatic rings. The third-order valence-electron chi connectivity index (χ3n) is 4.38. The first-order valence-corrected chi connectivity index (χ1v) is 7.51. The van der Waals surface area contributed by atoms with Crippen LogP contribution in [0.25, 0.3) is 0 Å². The van der Waals surface area contributed by atoms with Gasteiger partial charge < -0.3 is 14.8 Å². The SMILES string of the molecule is COc1cccc(OC)c1[C@H](C1CC1)N1CCNCC1. The zero-order valence-corrected chi connectivity index (χ0v) is 12.4. The number of methoxy groups -OCH3 is 2. The molecule has 1 N–H and O–H groups in total. The average molecular weight is 276 g/mol. The van der Waals surface area contributed by atoms with Crippen molar-refractivity contribution in [2.75, 3.05) is 40.4 Å². The summed E-state index contributed by atoms with van der Waals surface area (Å²) < 4.78 is 11.2. The van der Waals surface area contributed by atoms with E-state index in [1.807, 2.05) is 6.07 Å². The maximum atomic E-state index is 5.62. The lowest BCUT2D eigenvalue weighted by Crippen LogP contribution is -2.45. The quantitative estimate of drug-likeness (QED) is 0.892. The largest absolute Gasteiger partial charge is 0.496 e. The minimum Gasteiger partial charge on any atom is -0.496 e. The van der Waals surface area contributed by atoms with Gasteiger partial charge in [0.15, 0.2) is 0 Å². The van der Waals surface area contributed by atoms with E-state index in [1.165, 1.54) is 18.4 Å². The van der Waals surface area contributed by atoms with Crippen LogP contribution >= 0.6 is 0 Å². The lowest BCUT2D eigenvalue weighted by molar-refractivity contribution is 0.150. The Morgan fingerprint density at radius 1 is 1.10 bits per heavy atom. The summed E-state index contributed by atoms with van der Waals surface area (Å²) in [4.78, 5) is 2.59. The second-order valence-corrected chi connectivity index (χ2v) is 5.64. The fraction of sp³-hybridized carbons (Fsp3) is 0.625. The highest BCUT2D eigenvalue weighted by Gasteiger charge is 2.39. The number of rotatable bonds is 5. The van der Waals surface area contributed by atoms with Crippen LogP contribution in [0.4, 0.5) is 0 Å². The summed E-state index contributed by atoms with van der Waals surface area (Å²) in [6.07, 6.45) is 2.63. The Balaban J connectivity index is 1.97. The average Bonchev–Trinajstić information content (AvgIpc) is 3.33. The van der Waals surface area contributed by atoms with Crippen molar-refractivity contribution in [2.24, 2.45) is 5.92 Å². The topological polar surface area (TPSA) is 33.7 Å². The lowest BCUT2D eigenvalue weighted by Gasteiger charge is -2.36. The Hall–Kier alpha value is -1.26. The first-order chi connectivity index (χ1) is 9.85. The summed E-state index contributed by atoms with van der Waals surface area (Å²) in [5.41, 5.74) is 1.24. The molecule has 3 rings (SSSR count). The zero-order valence-electron chi connectivity index (χ0n) is 12.4. The second kappa shape index (κ2) is 6.02. The van der Waals surface area contributed by atoms with E-state index in [0.717, 1.165) is 43.6 Å². The summed E-state index contributed by atoms with van der Waals surface area (Å²) >= 11 is 0. The molecule has 2 aliphatic rings. The highest BCUT2D eigenvalue weighted by Crippen LogP contribution is 2.49. The third kappa shape index (κ3) is 2.63. The van der Waals surface area contributed by atoms with Gasteiger partial charge in [0.2, 0.25) is 0 Å². The number of nitrogens with one attached hydrogen (secondary N) is 1. The number of piperazine rings is 1. The number of benzene rings is 1. The minimum absolute atomic E-state index is 0.434. The van der Waals surface area contributed by atoms with Crippen LogP contribution in [-0.4, -0.2) is 45.3 Å². The molecule has 1 aliphatic heterocycles. The number of hydrogen-bond acceptors (Lipinski definition) is 4. The van der Waals surface area contributed by atoms with Gasteiger partial charge in [0.25, 0.3) is 0 Å². The van der Waals surface area contributed by atoms with Gasteiger partial charge in [0.05, 0.1) is 19.8 Å². The standard InChI is InChI=1S/C16H24N2O2/c1-19-13-4-3-5-14(20-2)15(13)16(12-6-7-12)18-10-8-17-9-11-18/h3-5,12,16-17H,6-11H2,1-2H3/t16-/m0/s1. The first kappa shape index (κ1) is 13.7. The maximum Gasteiger partial charge on any atom is 0.127 e. The molecule has 0 spiro atoms. The predicted molar refractivity (Wildman–Crippen MR) is 79.5 cm³/mol. The fourth-order valence-corrected chi connectivity index (χ4v) is 3.26. The molecular formula is C16H24N2O2. The summed E-state index contributed by atoms with van der Waals surface area (Å²) in [5, 5.41) is 3.43. The molecule has 1 atom stereocenters. The van der Waals surface area contributed by atoms with E-state index in [4.69, 9.17) is 9.47 Å². The molecule has 1 saturated carbocycles. The maximum absolute atomic E-state index is 5.62. The van der Waals surface area contributed by atoms with Crippen molar-refractivity contribution in [2.45, 2.75) is 18.9 Å². The number of ether oxygens (including phenoxy) is 2. The molecular weight excluding hydrogens is 252 g/mol. The van der Waals surface area contributed by atoms with Gasteiger partial charge in [-0.05, 0) is 30.9 Å². The summed E-state index contributed by atoms with van der Waals surface area (Å²) in [5.74, 6) is 2.66. The molecule has 1 heterocycles. The van der Waals surface area contributed by atoms with E-state index < -0.39 is 0 Å². The van der Waals surface area contributed by atoms with Crippen LogP contribution in [0.3, 0.4) is 0 Å². The second-order valence-electron chi connectivity index (χ2n) is 5.64. The van der Waals surface area contributed by atoms with Crippen LogP contribution in [0.5, 0.6) is 11.5 Å². The smallest absolute Gasteiger partial charge is 0.127 e. The van der Waals surface area contributed by atoms with Crippen molar-refractivity contribution < 1.29 is 9.47 Å². The molecule has 4 heteroatoms. The predicted octanol–water partition coefficient (Wildman–Crippen LogP) is 2.06. The van der Waals surface area contributed by atoms with Crippen LogP contribution in [0.2, 0.25) is 0 Å². The fourth-order valence-electron chi connectivity index (χ4n) is 3.26. The highest BCUT2D eigenvalue weighted by atomic mass is 16.5. The van der Waals surface area contributed by atoms with Gasteiger partial charge in [-0.15, -0.1) is 0 Å². The van der Waals surface area contributed by atoms with Gasteiger partial charge in [-0.25, -0.2) is 0 Å². The molecule has 0 amide bonds. The van der Waals surface area contributed by atoms with Crippen molar-refractivity contribution in [3.63, 3.8) is 0 Å². The van der Waals surface area contributed by atoms with Gasteiger partial charge in [0, 0.05) is 32.2 Å². The molecule has 1 saturated heterocycles. The molecule has 0 radical (unpaired) electrons. The Bertz CT molecular complexity index is 432. The van der Waals surface area contributed by atoms with Crippen molar-refractivity contribution >= 4 is 0 Å². The van der Waals surface area contributed by atoms with Crippen molar-refractivity contribution in [3.8, 4) is 11.5 Å². The van der Waals surface area contributed by atoms with Gasteiger partial charge in [-0.3, -0.25) is 4.90 Å². The molecule has 110 valence electrons. The number of hydrogen-bond donors (Lipinski definition) is 1. The summed E-state index contributed by atoms with van der Waals surface area (Å²) in [7, 11) is 3.50. The van der Waals surface area contributed by atoms with Crippen LogP contribution in [0.1, 0.15) is 24.4 Å². The molecule has 0 aromatic heterocycles. The Morgan fingerprint density at radius 3 is 2.20 bits per heavy atom. The molecule has 1 aliphatic carbocycles. The molecule has 0 unspecified atom stereocenters. The summed E-state index contributed by atoms with van der Waals surface area (Å²) in [6.45, 7) is 4.34. The van der Waals surface area contributed by atoms with Crippen molar-refractivity contribution in [1.82, 2.24) is 10.2 Å². The van der Waals surface area contributed by atoms with E-state index >= 15 is 0 Å². The van der Waals surface area contributed by atoms with Gasteiger partial charge >= 0.3 is 0 Å². The highest BCUT2D eigenvalue weighted by molar-refractivity contribution is 5.47. The van der Waals surface area contributed by atoms with Crippen molar-refractivity contribution in [1.29, 1.82) is 0 Å². The molecule has 1 aromatic carbocycles. The monoisotopic (exact) mass is 276 g/mol. The van der Waals surface area contributed by atoms with Crippen LogP contribution < -0.4 is 14.8 Å². The van der Waals surface area contributed by atoms with Gasteiger partial charge in [0.1, 0.15) is 11.5 Å². The molecule has 0 bridgehead atoms. The van der Waals surface area contributed by atoms with Crippen LogP contribution in [0.15, 0.2) is 18.2 Å². The zero-order chi connectivity index (χ0) is 13.9. The number of nitrogens with zero attached hydrogens (tertiary/aromatic N) is 1. The van der Waals surface area contributed by atoms with Gasteiger partial charge in [-0.1, -0.05) is 6.07 Å². The Kier molecular flexibility index (Phi) is 4.13. The Morgan fingerprint density at radius 2 is 1.70 bits per heavy atom.